The van der Waals surface area contributed by atoms with Crippen molar-refractivity contribution in [2.24, 2.45) is 0 Å². The van der Waals surface area contributed by atoms with Crippen LogP contribution in [-0.2, 0) is 18.7 Å². The number of nitrogens with zero attached hydrogens (tertiary/aromatic N) is 5. The lowest BCUT2D eigenvalue weighted by atomic mass is 10.1. The number of benzene rings is 1. The van der Waals surface area contributed by atoms with Gasteiger partial charge < -0.3 is 9.09 Å². The number of aromatic nitrogens is 5. The van der Waals surface area contributed by atoms with Crippen molar-refractivity contribution in [1.82, 2.24) is 24.9 Å². The van der Waals surface area contributed by atoms with E-state index in [0.717, 1.165) is 28.8 Å². The third-order valence-corrected chi connectivity index (χ3v) is 5.67. The van der Waals surface area contributed by atoms with Crippen LogP contribution in [0, 0.1) is 0 Å². The molecule has 0 aliphatic rings. The number of thiophene rings is 1. The highest BCUT2D eigenvalue weighted by Crippen LogP contribution is 2.25. The van der Waals surface area contributed by atoms with Gasteiger partial charge >= 0.3 is 0 Å². The number of hydrogen-bond acceptors (Lipinski definition) is 7. The van der Waals surface area contributed by atoms with Crippen LogP contribution in [-0.4, -0.2) is 24.9 Å². The van der Waals surface area contributed by atoms with Crippen LogP contribution in [0.5, 0.6) is 0 Å². The average molecular weight is 384 g/mol. The van der Waals surface area contributed by atoms with Gasteiger partial charge in [-0.1, -0.05) is 53.3 Å². The van der Waals surface area contributed by atoms with E-state index in [4.69, 9.17) is 4.52 Å². The van der Waals surface area contributed by atoms with Gasteiger partial charge in [0.25, 0.3) is 5.89 Å². The number of rotatable bonds is 7. The van der Waals surface area contributed by atoms with Crippen molar-refractivity contribution in [3.8, 4) is 10.8 Å². The molecule has 4 aromatic rings. The lowest BCUT2D eigenvalue weighted by Crippen LogP contribution is -2.04. The molecule has 3 heterocycles. The lowest BCUT2D eigenvalue weighted by Gasteiger charge is -2.06. The molecule has 0 atom stereocenters. The summed E-state index contributed by atoms with van der Waals surface area (Å²) in [5.41, 5.74) is 1.23. The maximum atomic E-state index is 5.33. The Bertz CT molecular complexity index is 963. The molecule has 8 heteroatoms. The fraction of sp³-hybridized carbons (Fsp3) is 0.222. The quantitative estimate of drug-likeness (QED) is 0.443. The van der Waals surface area contributed by atoms with Crippen molar-refractivity contribution in [3.05, 3.63) is 65.1 Å². The molecule has 0 saturated carbocycles. The molecule has 3 aromatic heterocycles. The van der Waals surface area contributed by atoms with Gasteiger partial charge in [0.2, 0.25) is 0 Å². The highest BCUT2D eigenvalue weighted by molar-refractivity contribution is 7.98. The Morgan fingerprint density at radius 1 is 1.12 bits per heavy atom. The summed E-state index contributed by atoms with van der Waals surface area (Å²) < 4.78 is 7.47. The zero-order valence-corrected chi connectivity index (χ0v) is 15.8. The minimum atomic E-state index is 0.567. The third-order valence-electron chi connectivity index (χ3n) is 3.85. The zero-order valence-electron chi connectivity index (χ0n) is 14.2. The van der Waals surface area contributed by atoms with Gasteiger partial charge in [-0.15, -0.1) is 21.5 Å². The van der Waals surface area contributed by atoms with E-state index in [9.17, 15) is 0 Å². The predicted octanol–water partition coefficient (Wildman–Crippen LogP) is 4.29. The molecule has 0 bridgehead atoms. The normalized spacial score (nSPS) is 11.1. The van der Waals surface area contributed by atoms with Crippen molar-refractivity contribution >= 4 is 23.1 Å². The van der Waals surface area contributed by atoms with Crippen LogP contribution < -0.4 is 0 Å². The van der Waals surface area contributed by atoms with Crippen LogP contribution >= 0.6 is 23.1 Å². The largest absolute Gasteiger partial charge is 0.333 e. The van der Waals surface area contributed by atoms with Crippen molar-refractivity contribution in [1.29, 1.82) is 0 Å². The maximum absolute atomic E-state index is 5.33. The van der Waals surface area contributed by atoms with Crippen LogP contribution in [0.25, 0.3) is 10.8 Å². The predicted molar refractivity (Wildman–Crippen MR) is 102 cm³/mol. The minimum Gasteiger partial charge on any atom is -0.333 e. The summed E-state index contributed by atoms with van der Waals surface area (Å²) in [6.45, 7) is 2.93. The number of hydrogen-bond donors (Lipinski definition) is 0. The zero-order chi connectivity index (χ0) is 17.8. The SMILES string of the molecule is CCn1c(Cc2ccccc2)nnc1SCc1noc(-c2cccs2)n1. The molecule has 0 spiro atoms. The van der Waals surface area contributed by atoms with Gasteiger partial charge in [0.1, 0.15) is 5.82 Å². The first-order valence-electron chi connectivity index (χ1n) is 8.28. The monoisotopic (exact) mass is 383 g/mol. The molecule has 1 aromatic carbocycles. The van der Waals surface area contributed by atoms with Crippen LogP contribution in [0.3, 0.4) is 0 Å². The third kappa shape index (κ3) is 3.71. The first kappa shape index (κ1) is 17.0. The molecule has 0 radical (unpaired) electrons. The Morgan fingerprint density at radius 2 is 2.00 bits per heavy atom. The smallest absolute Gasteiger partial charge is 0.268 e. The molecule has 0 aliphatic carbocycles. The molecular formula is C18H17N5OS2. The second-order valence-corrected chi connectivity index (χ2v) is 7.48. The molecule has 0 aliphatic heterocycles. The van der Waals surface area contributed by atoms with Crippen LogP contribution in [0.15, 0.2) is 57.5 Å². The second kappa shape index (κ2) is 7.84. The standard InChI is InChI=1S/C18H17N5OS2/c1-2-23-16(11-13-7-4-3-5-8-13)20-21-18(23)26-12-15-19-17(24-22-15)14-9-6-10-25-14/h3-10H,2,11-12H2,1H3. The van der Waals surface area contributed by atoms with Crippen molar-refractivity contribution in [2.45, 2.75) is 30.8 Å². The van der Waals surface area contributed by atoms with Crippen LogP contribution in [0.4, 0.5) is 0 Å². The van der Waals surface area contributed by atoms with Gasteiger partial charge in [0, 0.05) is 13.0 Å². The maximum Gasteiger partial charge on any atom is 0.268 e. The molecule has 132 valence electrons. The molecule has 0 unspecified atom stereocenters. The number of thioether (sulfide) groups is 1. The van der Waals surface area contributed by atoms with Gasteiger partial charge in [-0.25, -0.2) is 0 Å². The Balaban J connectivity index is 1.45. The van der Waals surface area contributed by atoms with E-state index < -0.39 is 0 Å². The van der Waals surface area contributed by atoms with Gasteiger partial charge in [-0.2, -0.15) is 4.98 Å². The summed E-state index contributed by atoms with van der Waals surface area (Å²) in [5, 5.41) is 15.6. The molecular weight excluding hydrogens is 366 g/mol. The van der Waals surface area contributed by atoms with Gasteiger partial charge in [0.05, 0.1) is 10.6 Å². The topological polar surface area (TPSA) is 69.6 Å². The summed E-state index contributed by atoms with van der Waals surface area (Å²) in [7, 11) is 0. The summed E-state index contributed by atoms with van der Waals surface area (Å²) >= 11 is 3.16. The second-order valence-electron chi connectivity index (χ2n) is 5.59. The summed E-state index contributed by atoms with van der Waals surface area (Å²) in [4.78, 5) is 5.43. The van der Waals surface area contributed by atoms with Crippen molar-refractivity contribution < 1.29 is 4.52 Å². The molecule has 0 N–H and O–H groups in total. The van der Waals surface area contributed by atoms with E-state index in [-0.39, 0.29) is 0 Å². The van der Waals surface area contributed by atoms with E-state index in [0.29, 0.717) is 17.5 Å². The van der Waals surface area contributed by atoms with Gasteiger partial charge in [-0.3, -0.25) is 0 Å². The van der Waals surface area contributed by atoms with Gasteiger partial charge in [0.15, 0.2) is 11.0 Å². The van der Waals surface area contributed by atoms with E-state index >= 15 is 0 Å². The van der Waals surface area contributed by atoms with E-state index in [1.807, 2.05) is 35.7 Å². The highest BCUT2D eigenvalue weighted by Gasteiger charge is 2.14. The minimum absolute atomic E-state index is 0.567. The van der Waals surface area contributed by atoms with E-state index in [1.54, 1.807) is 23.1 Å². The van der Waals surface area contributed by atoms with Crippen molar-refractivity contribution in [2.75, 3.05) is 0 Å². The summed E-state index contributed by atoms with van der Waals surface area (Å²) in [5.74, 6) is 2.79. The Labute approximate surface area is 159 Å². The fourth-order valence-corrected chi connectivity index (χ4v) is 4.10. The van der Waals surface area contributed by atoms with Gasteiger partial charge in [-0.05, 0) is 23.9 Å². The molecule has 6 nitrogen and oxygen atoms in total. The lowest BCUT2D eigenvalue weighted by molar-refractivity contribution is 0.426. The molecule has 0 fully saturated rings. The molecule has 0 saturated heterocycles. The molecule has 4 rings (SSSR count). The van der Waals surface area contributed by atoms with Crippen LogP contribution in [0.2, 0.25) is 0 Å². The summed E-state index contributed by atoms with van der Waals surface area (Å²) in [6, 6.07) is 14.2. The Morgan fingerprint density at radius 3 is 2.77 bits per heavy atom. The Hall–Kier alpha value is -2.45. The summed E-state index contributed by atoms with van der Waals surface area (Å²) in [6.07, 6.45) is 0.771. The first-order chi connectivity index (χ1) is 12.8. The Kier molecular flexibility index (Phi) is 5.12. The average Bonchev–Trinajstić information content (AvgIpc) is 3.41. The van der Waals surface area contributed by atoms with Crippen molar-refractivity contribution in [3.63, 3.8) is 0 Å². The molecule has 0 amide bonds. The fourth-order valence-electron chi connectivity index (χ4n) is 2.59. The van der Waals surface area contributed by atoms with E-state index in [2.05, 4.69) is 44.0 Å². The van der Waals surface area contributed by atoms with E-state index in [1.165, 1.54) is 5.56 Å². The molecule has 26 heavy (non-hydrogen) atoms. The highest BCUT2D eigenvalue weighted by atomic mass is 32.2. The van der Waals surface area contributed by atoms with Crippen LogP contribution in [0.1, 0.15) is 24.1 Å². The first-order valence-corrected chi connectivity index (χ1v) is 10.1.